The highest BCUT2D eigenvalue weighted by Crippen LogP contribution is 2.43. The first-order chi connectivity index (χ1) is 5.97. The van der Waals surface area contributed by atoms with E-state index in [1.54, 1.807) is 50.3 Å². The summed E-state index contributed by atoms with van der Waals surface area (Å²) in [6, 6.07) is 0. The number of aliphatic hydroxyl groups excluding tert-OH is 1. The number of sulfone groups is 1. The van der Waals surface area contributed by atoms with Crippen molar-refractivity contribution in [3.63, 3.8) is 0 Å². The SMILES string of the molecule is CCS(=O)(=O)C(Br)(I)C(O)C(C)(C)C. The first-order valence-corrected chi connectivity index (χ1v) is 7.77. The summed E-state index contributed by atoms with van der Waals surface area (Å²) in [5.41, 5.74) is -0.479. The summed E-state index contributed by atoms with van der Waals surface area (Å²) in [5, 5.41) is 9.95. The molecular weight excluding hydrogens is 383 g/mol. The Morgan fingerprint density at radius 1 is 1.43 bits per heavy atom. The first kappa shape index (κ1) is 15.1. The molecule has 3 nitrogen and oxygen atoms in total. The van der Waals surface area contributed by atoms with E-state index in [0.29, 0.717) is 0 Å². The Kier molecular flexibility index (Phi) is 4.91. The van der Waals surface area contributed by atoms with Crippen molar-refractivity contribution in [3.05, 3.63) is 0 Å². The molecule has 0 heterocycles. The Labute approximate surface area is 108 Å². The van der Waals surface area contributed by atoms with Crippen LogP contribution in [-0.2, 0) is 9.84 Å². The van der Waals surface area contributed by atoms with Gasteiger partial charge in [-0.05, 0) is 28.0 Å². The van der Waals surface area contributed by atoms with Gasteiger partial charge in [-0.2, -0.15) is 0 Å². The molecule has 0 bridgehead atoms. The summed E-state index contributed by atoms with van der Waals surface area (Å²) in [5.74, 6) is 0.00826. The van der Waals surface area contributed by atoms with Crippen molar-refractivity contribution < 1.29 is 13.5 Å². The first-order valence-electron chi connectivity index (χ1n) is 4.25. The Morgan fingerprint density at radius 3 is 2.00 bits per heavy atom. The fourth-order valence-electron chi connectivity index (χ4n) is 0.867. The minimum absolute atomic E-state index is 0.00826. The molecule has 6 heteroatoms. The number of alkyl halides is 2. The summed E-state index contributed by atoms with van der Waals surface area (Å²) < 4.78 is 22.1. The highest BCUT2D eigenvalue weighted by Gasteiger charge is 2.49. The van der Waals surface area contributed by atoms with Crippen LogP contribution in [0.3, 0.4) is 0 Å². The van der Waals surface area contributed by atoms with Crippen LogP contribution in [0.2, 0.25) is 0 Å². The monoisotopic (exact) mass is 398 g/mol. The smallest absolute Gasteiger partial charge is 0.203 e. The Morgan fingerprint density at radius 2 is 1.79 bits per heavy atom. The van der Waals surface area contributed by atoms with Gasteiger partial charge in [-0.1, -0.05) is 43.6 Å². The van der Waals surface area contributed by atoms with E-state index < -0.39 is 23.0 Å². The van der Waals surface area contributed by atoms with E-state index in [0.717, 1.165) is 0 Å². The molecule has 2 unspecified atom stereocenters. The van der Waals surface area contributed by atoms with Crippen LogP contribution in [0.15, 0.2) is 0 Å². The van der Waals surface area contributed by atoms with Gasteiger partial charge in [0, 0.05) is 5.75 Å². The lowest BCUT2D eigenvalue weighted by atomic mass is 9.90. The average molecular weight is 399 g/mol. The highest BCUT2D eigenvalue weighted by molar-refractivity contribution is 14.1. The largest absolute Gasteiger partial charge is 0.389 e. The zero-order valence-corrected chi connectivity index (χ0v) is 13.3. The van der Waals surface area contributed by atoms with E-state index in [4.69, 9.17) is 0 Å². The van der Waals surface area contributed by atoms with Crippen molar-refractivity contribution in [2.75, 3.05) is 5.75 Å². The van der Waals surface area contributed by atoms with Gasteiger partial charge in [0.1, 0.15) is 0 Å². The van der Waals surface area contributed by atoms with Crippen molar-refractivity contribution in [1.29, 1.82) is 0 Å². The summed E-state index contributed by atoms with van der Waals surface area (Å²) in [6.07, 6.45) is -0.958. The van der Waals surface area contributed by atoms with Crippen LogP contribution in [0.4, 0.5) is 0 Å². The normalized spacial score (nSPS) is 20.2. The van der Waals surface area contributed by atoms with Crippen molar-refractivity contribution in [3.8, 4) is 0 Å². The molecule has 0 spiro atoms. The van der Waals surface area contributed by atoms with Gasteiger partial charge >= 0.3 is 0 Å². The fraction of sp³-hybridized carbons (Fsp3) is 1.00. The summed E-state index contributed by atoms with van der Waals surface area (Å²) in [4.78, 5) is 0. The van der Waals surface area contributed by atoms with Gasteiger partial charge in [0.2, 0.25) is 1.66 Å². The standard InChI is InChI=1S/C8H16BrIO3S/c1-5-14(12,13)8(9,10)6(11)7(2,3)4/h6,11H,5H2,1-4H3. The molecular formula is C8H16BrIO3S. The maximum atomic E-state index is 11.7. The van der Waals surface area contributed by atoms with E-state index in [2.05, 4.69) is 15.9 Å². The molecule has 0 aromatic rings. The van der Waals surface area contributed by atoms with Gasteiger partial charge in [0.05, 0.1) is 6.10 Å². The van der Waals surface area contributed by atoms with E-state index in [9.17, 15) is 13.5 Å². The van der Waals surface area contributed by atoms with E-state index in [-0.39, 0.29) is 5.75 Å². The third-order valence-corrected chi connectivity index (χ3v) is 8.26. The second-order valence-electron chi connectivity index (χ2n) is 4.23. The van der Waals surface area contributed by atoms with E-state index >= 15 is 0 Å². The maximum Gasteiger partial charge on any atom is 0.203 e. The van der Waals surface area contributed by atoms with Crippen LogP contribution in [0, 0.1) is 5.41 Å². The third kappa shape index (κ3) is 3.05. The minimum atomic E-state index is -3.33. The molecule has 2 atom stereocenters. The maximum absolute atomic E-state index is 11.7. The van der Waals surface area contributed by atoms with Gasteiger partial charge in [0.15, 0.2) is 9.84 Å². The van der Waals surface area contributed by atoms with Gasteiger partial charge in [-0.3, -0.25) is 0 Å². The van der Waals surface area contributed by atoms with Crippen LogP contribution >= 0.6 is 38.5 Å². The number of aliphatic hydroxyl groups is 1. The second-order valence-corrected chi connectivity index (χ2v) is 12.4. The van der Waals surface area contributed by atoms with Crippen molar-refractivity contribution in [1.82, 2.24) is 0 Å². The van der Waals surface area contributed by atoms with Crippen LogP contribution in [0.1, 0.15) is 27.7 Å². The fourth-order valence-corrected chi connectivity index (χ4v) is 5.19. The van der Waals surface area contributed by atoms with E-state index in [1.165, 1.54) is 0 Å². The molecule has 0 amide bonds. The van der Waals surface area contributed by atoms with Gasteiger partial charge in [0.25, 0.3) is 0 Å². The molecule has 0 aliphatic rings. The summed E-state index contributed by atoms with van der Waals surface area (Å²) in [6.45, 7) is 6.98. The minimum Gasteiger partial charge on any atom is -0.389 e. The van der Waals surface area contributed by atoms with Gasteiger partial charge in [-0.25, -0.2) is 8.42 Å². The molecule has 86 valence electrons. The molecule has 0 saturated heterocycles. The zero-order valence-electron chi connectivity index (χ0n) is 8.71. The van der Waals surface area contributed by atoms with Crippen LogP contribution in [0.5, 0.6) is 0 Å². The molecule has 1 N–H and O–H groups in total. The number of hydrogen-bond donors (Lipinski definition) is 1. The summed E-state index contributed by atoms with van der Waals surface area (Å²) in [7, 11) is -3.33. The lowest BCUT2D eigenvalue weighted by Crippen LogP contribution is -2.46. The summed E-state index contributed by atoms with van der Waals surface area (Å²) >= 11 is 4.86. The Balaban J connectivity index is 5.18. The molecule has 0 aliphatic heterocycles. The third-order valence-electron chi connectivity index (χ3n) is 1.93. The number of halogens is 2. The molecule has 0 fully saturated rings. The second kappa shape index (κ2) is 4.55. The average Bonchev–Trinajstić information content (AvgIpc) is 2.01. The number of hydrogen-bond acceptors (Lipinski definition) is 3. The highest BCUT2D eigenvalue weighted by atomic mass is 127. The zero-order chi connectivity index (χ0) is 11.8. The lowest BCUT2D eigenvalue weighted by molar-refractivity contribution is 0.0740. The van der Waals surface area contributed by atoms with Crippen molar-refractivity contribution >= 4 is 48.4 Å². The topological polar surface area (TPSA) is 54.4 Å². The molecule has 0 rings (SSSR count). The van der Waals surface area contributed by atoms with Crippen molar-refractivity contribution in [2.24, 2.45) is 5.41 Å². The molecule has 0 aromatic carbocycles. The molecule has 0 radical (unpaired) electrons. The molecule has 14 heavy (non-hydrogen) atoms. The van der Waals surface area contributed by atoms with Crippen LogP contribution < -0.4 is 0 Å². The van der Waals surface area contributed by atoms with Crippen LogP contribution in [-0.4, -0.2) is 27.0 Å². The quantitative estimate of drug-likeness (QED) is 0.586. The molecule has 0 aromatic heterocycles. The number of rotatable bonds is 3. The predicted molar refractivity (Wildman–Crippen MR) is 70.6 cm³/mol. The Hall–Kier alpha value is 1.12. The Bertz CT molecular complexity index is 292. The lowest BCUT2D eigenvalue weighted by Gasteiger charge is -2.35. The van der Waals surface area contributed by atoms with Gasteiger partial charge < -0.3 is 5.11 Å². The van der Waals surface area contributed by atoms with E-state index in [1.807, 2.05) is 0 Å². The van der Waals surface area contributed by atoms with Gasteiger partial charge in [-0.15, -0.1) is 0 Å². The van der Waals surface area contributed by atoms with Crippen LogP contribution in [0.25, 0.3) is 0 Å². The molecule has 0 saturated carbocycles. The van der Waals surface area contributed by atoms with Crippen molar-refractivity contribution in [2.45, 2.75) is 35.5 Å². The predicted octanol–water partition coefficient (Wildman–Crippen LogP) is 2.31. The molecule has 0 aliphatic carbocycles.